The Bertz CT molecular complexity index is 428. The molecule has 3 nitrogen and oxygen atoms in total. The molecule has 0 aromatic carbocycles. The van der Waals surface area contributed by atoms with Crippen LogP contribution in [0.1, 0.15) is 0 Å². The van der Waals surface area contributed by atoms with Crippen molar-refractivity contribution < 1.29 is 8.42 Å². The first-order valence-electron chi connectivity index (χ1n) is 2.81. The lowest BCUT2D eigenvalue weighted by atomic mass is 10.7. The molecule has 1 aromatic rings. The van der Waals surface area contributed by atoms with Gasteiger partial charge >= 0.3 is 0 Å². The molecule has 0 unspecified atom stereocenters. The topological polar surface area (TPSA) is 46.5 Å². The first-order chi connectivity index (χ1) is 5.56. The van der Waals surface area contributed by atoms with E-state index >= 15 is 0 Å². The van der Waals surface area contributed by atoms with Gasteiger partial charge in [-0.05, 0) is 24.6 Å². The van der Waals surface area contributed by atoms with Crippen molar-refractivity contribution >= 4 is 38.8 Å². The fourth-order valence-corrected chi connectivity index (χ4v) is 2.78. The van der Waals surface area contributed by atoms with Crippen molar-refractivity contribution in [1.29, 1.82) is 0 Å². The number of sulfonamides is 1. The van der Waals surface area contributed by atoms with Crippen LogP contribution < -0.4 is 0 Å². The van der Waals surface area contributed by atoms with Gasteiger partial charge in [-0.1, -0.05) is 11.6 Å². The highest BCUT2D eigenvalue weighted by Gasteiger charge is 2.13. The molecule has 1 heterocycles. The van der Waals surface area contributed by atoms with Gasteiger partial charge in [-0.3, -0.25) is 0 Å². The van der Waals surface area contributed by atoms with Crippen molar-refractivity contribution in [2.24, 2.45) is 4.40 Å². The second-order valence-electron chi connectivity index (χ2n) is 1.78. The molecular formula is C6H4ClNO2S2. The Labute approximate surface area is 79.1 Å². The smallest absolute Gasteiger partial charge is 0.198 e. The molecular weight excluding hydrogens is 218 g/mol. The van der Waals surface area contributed by atoms with E-state index in [1.165, 1.54) is 12.1 Å². The van der Waals surface area contributed by atoms with Crippen LogP contribution in [0.15, 0.2) is 27.3 Å². The molecule has 0 spiro atoms. The van der Waals surface area contributed by atoms with Crippen LogP contribution in [-0.2, 0) is 10.0 Å². The van der Waals surface area contributed by atoms with Gasteiger partial charge in [-0.2, -0.15) is 8.42 Å². The van der Waals surface area contributed by atoms with E-state index in [0.29, 0.717) is 4.34 Å². The summed E-state index contributed by atoms with van der Waals surface area (Å²) in [6, 6.07) is 2.89. The molecule has 12 heavy (non-hydrogen) atoms. The summed E-state index contributed by atoms with van der Waals surface area (Å²) in [4.78, 5) is 0. The first-order valence-corrected chi connectivity index (χ1v) is 5.44. The van der Waals surface area contributed by atoms with E-state index in [1.807, 2.05) is 5.87 Å². The van der Waals surface area contributed by atoms with Crippen molar-refractivity contribution in [2.75, 3.05) is 0 Å². The van der Waals surface area contributed by atoms with Crippen LogP contribution in [0.25, 0.3) is 0 Å². The first kappa shape index (κ1) is 9.48. The van der Waals surface area contributed by atoms with Gasteiger partial charge in [0.25, 0.3) is 10.0 Å². The Hall–Kier alpha value is -0.610. The third kappa shape index (κ3) is 1.95. The minimum atomic E-state index is -3.60. The molecule has 0 amide bonds. The lowest BCUT2D eigenvalue weighted by Crippen LogP contribution is -1.91. The van der Waals surface area contributed by atoms with E-state index in [-0.39, 0.29) is 4.21 Å². The molecule has 0 saturated heterocycles. The summed E-state index contributed by atoms with van der Waals surface area (Å²) in [7, 11) is -3.60. The molecule has 64 valence electrons. The molecule has 0 aliphatic carbocycles. The van der Waals surface area contributed by atoms with E-state index in [2.05, 4.69) is 11.0 Å². The normalized spacial score (nSPS) is 10.8. The third-order valence-corrected chi connectivity index (χ3v) is 3.91. The summed E-state index contributed by atoms with van der Waals surface area (Å²) in [6.45, 7) is 3.08. The maximum absolute atomic E-state index is 11.1. The Balaban J connectivity index is 3.23. The fraction of sp³-hybridized carbons (Fsp3) is 0. The van der Waals surface area contributed by atoms with E-state index in [0.717, 1.165) is 11.3 Å². The molecule has 0 fully saturated rings. The van der Waals surface area contributed by atoms with Gasteiger partial charge in [0.05, 0.1) is 4.34 Å². The average molecular weight is 222 g/mol. The van der Waals surface area contributed by atoms with E-state index in [9.17, 15) is 8.42 Å². The predicted octanol–water partition coefficient (Wildman–Crippen LogP) is 1.95. The molecule has 0 bridgehead atoms. The summed E-state index contributed by atoms with van der Waals surface area (Å²) >= 11 is 6.49. The Kier molecular flexibility index (Phi) is 2.69. The lowest BCUT2D eigenvalue weighted by molar-refractivity contribution is 0.600. The fourth-order valence-electron chi connectivity index (χ4n) is 0.566. The third-order valence-electron chi connectivity index (χ3n) is 0.988. The molecule has 0 saturated carbocycles. The van der Waals surface area contributed by atoms with E-state index < -0.39 is 10.0 Å². The van der Waals surface area contributed by atoms with Gasteiger partial charge in [-0.15, -0.1) is 15.7 Å². The van der Waals surface area contributed by atoms with Crippen LogP contribution in [0.4, 0.5) is 0 Å². The number of halogens is 1. The molecule has 0 aliphatic heterocycles. The maximum atomic E-state index is 11.1. The molecule has 0 N–H and O–H groups in total. The van der Waals surface area contributed by atoms with Crippen molar-refractivity contribution in [3.63, 3.8) is 0 Å². The Morgan fingerprint density at radius 1 is 1.58 bits per heavy atom. The number of thiophene rings is 1. The van der Waals surface area contributed by atoms with Crippen LogP contribution in [0, 0.1) is 0 Å². The SMILES string of the molecule is C=C=NS(=O)(=O)c1ccc(Cl)s1. The monoisotopic (exact) mass is 221 g/mol. The summed E-state index contributed by atoms with van der Waals surface area (Å²) in [5.74, 6) is 1.97. The molecule has 0 radical (unpaired) electrons. The zero-order chi connectivity index (χ0) is 9.19. The van der Waals surface area contributed by atoms with Gasteiger partial charge in [0.2, 0.25) is 0 Å². The van der Waals surface area contributed by atoms with E-state index in [1.54, 1.807) is 0 Å². The number of nitrogens with zero attached hydrogens (tertiary/aromatic N) is 1. The second-order valence-corrected chi connectivity index (χ2v) is 5.33. The van der Waals surface area contributed by atoms with Gasteiger partial charge in [0.15, 0.2) is 0 Å². The van der Waals surface area contributed by atoms with Crippen LogP contribution in [0.3, 0.4) is 0 Å². The molecule has 6 heteroatoms. The van der Waals surface area contributed by atoms with Crippen molar-refractivity contribution in [1.82, 2.24) is 0 Å². The lowest BCUT2D eigenvalue weighted by Gasteiger charge is -1.87. The van der Waals surface area contributed by atoms with Gasteiger partial charge in [-0.25, -0.2) is 0 Å². The summed E-state index contributed by atoms with van der Waals surface area (Å²) < 4.78 is 25.9. The Morgan fingerprint density at radius 3 is 2.67 bits per heavy atom. The molecule has 1 aromatic heterocycles. The van der Waals surface area contributed by atoms with Crippen LogP contribution in [-0.4, -0.2) is 14.3 Å². The average Bonchev–Trinajstić information content (AvgIpc) is 2.36. The Morgan fingerprint density at radius 2 is 2.25 bits per heavy atom. The maximum Gasteiger partial charge on any atom is 0.299 e. The molecule has 1 rings (SSSR count). The largest absolute Gasteiger partial charge is 0.299 e. The summed E-state index contributed by atoms with van der Waals surface area (Å²) in [5, 5.41) is 0. The van der Waals surface area contributed by atoms with Crippen LogP contribution >= 0.6 is 22.9 Å². The number of rotatable bonds is 2. The van der Waals surface area contributed by atoms with Crippen molar-refractivity contribution in [3.05, 3.63) is 23.0 Å². The van der Waals surface area contributed by atoms with Crippen LogP contribution in [0.2, 0.25) is 4.34 Å². The van der Waals surface area contributed by atoms with Crippen LogP contribution in [0.5, 0.6) is 0 Å². The minimum absolute atomic E-state index is 0.101. The molecule has 0 atom stereocenters. The summed E-state index contributed by atoms with van der Waals surface area (Å²) in [6.07, 6.45) is 0. The van der Waals surface area contributed by atoms with Gasteiger partial charge in [0.1, 0.15) is 4.21 Å². The highest BCUT2D eigenvalue weighted by atomic mass is 35.5. The minimum Gasteiger partial charge on any atom is -0.198 e. The van der Waals surface area contributed by atoms with Gasteiger partial charge in [0, 0.05) is 0 Å². The van der Waals surface area contributed by atoms with E-state index in [4.69, 9.17) is 11.6 Å². The predicted molar refractivity (Wildman–Crippen MR) is 49.6 cm³/mol. The van der Waals surface area contributed by atoms with Crippen molar-refractivity contribution in [2.45, 2.75) is 4.21 Å². The molecule has 0 aliphatic rings. The zero-order valence-electron chi connectivity index (χ0n) is 5.82. The number of hydrogen-bond acceptors (Lipinski definition) is 3. The number of hydrogen-bond donors (Lipinski definition) is 0. The highest BCUT2D eigenvalue weighted by molar-refractivity contribution is 7.92. The summed E-state index contributed by atoms with van der Waals surface area (Å²) in [5.41, 5.74) is 0. The highest BCUT2D eigenvalue weighted by Crippen LogP contribution is 2.26. The van der Waals surface area contributed by atoms with Crippen molar-refractivity contribution in [3.8, 4) is 0 Å². The van der Waals surface area contributed by atoms with Gasteiger partial charge < -0.3 is 0 Å². The zero-order valence-corrected chi connectivity index (χ0v) is 8.21. The standard InChI is InChI=1S/C6H4ClNO2S2/c1-2-8-12(9,10)6-4-3-5(7)11-6/h3-4H,1H2. The second kappa shape index (κ2) is 3.41. The quantitative estimate of drug-likeness (QED) is 0.717.